The van der Waals surface area contributed by atoms with Crippen molar-refractivity contribution in [2.45, 2.75) is 58.5 Å². The molecule has 1 unspecified atom stereocenters. The third kappa shape index (κ3) is 8.76. The Morgan fingerprint density at radius 2 is 1.67 bits per heavy atom. The third-order valence-electron chi connectivity index (χ3n) is 6.07. The number of unbranched alkanes of at least 4 members (excludes halogenated alkanes) is 3. The number of rotatable bonds is 15. The first-order valence-electron chi connectivity index (χ1n) is 13.0. The lowest BCUT2D eigenvalue weighted by Gasteiger charge is -2.12. The van der Waals surface area contributed by atoms with Crippen LogP contribution in [0, 0.1) is 5.82 Å². The highest BCUT2D eigenvalue weighted by Gasteiger charge is 2.06. The van der Waals surface area contributed by atoms with Gasteiger partial charge in [0.25, 0.3) is 0 Å². The van der Waals surface area contributed by atoms with Gasteiger partial charge >= 0.3 is 0 Å². The van der Waals surface area contributed by atoms with Crippen LogP contribution >= 0.6 is 0 Å². The van der Waals surface area contributed by atoms with E-state index in [-0.39, 0.29) is 11.9 Å². The number of nitrogens with zero attached hydrogens (tertiary/aromatic N) is 1. The van der Waals surface area contributed by atoms with Gasteiger partial charge in [0, 0.05) is 30.0 Å². The minimum Gasteiger partial charge on any atom is -0.473 e. The molecule has 4 heteroatoms. The fourth-order valence-electron chi connectivity index (χ4n) is 3.93. The molecule has 0 spiro atoms. The lowest BCUT2D eigenvalue weighted by atomic mass is 10.00. The van der Waals surface area contributed by atoms with Crippen molar-refractivity contribution in [2.24, 2.45) is 0 Å². The SMILES string of the molecule is C=CCOc1ccc(-c2ccc(-c3ccc(/C=C/CCCC(C)OCCCCC)c(F)c3)cc2)cn1. The molecular formula is C32H38FNO2. The molecule has 190 valence electrons. The monoisotopic (exact) mass is 487 g/mol. The van der Waals surface area contributed by atoms with Gasteiger partial charge in [-0.05, 0) is 61.4 Å². The van der Waals surface area contributed by atoms with Crippen LogP contribution in [0.2, 0.25) is 0 Å². The van der Waals surface area contributed by atoms with Gasteiger partial charge in [-0.2, -0.15) is 0 Å². The molecule has 36 heavy (non-hydrogen) atoms. The smallest absolute Gasteiger partial charge is 0.213 e. The topological polar surface area (TPSA) is 31.4 Å². The van der Waals surface area contributed by atoms with Crippen LogP contribution in [0.25, 0.3) is 28.3 Å². The van der Waals surface area contributed by atoms with Gasteiger partial charge in [0.05, 0.1) is 6.10 Å². The van der Waals surface area contributed by atoms with Crippen molar-refractivity contribution >= 4 is 6.08 Å². The average Bonchev–Trinajstić information content (AvgIpc) is 2.91. The number of ether oxygens (including phenoxy) is 2. The quantitative estimate of drug-likeness (QED) is 0.158. The highest BCUT2D eigenvalue weighted by Crippen LogP contribution is 2.27. The molecule has 0 N–H and O–H groups in total. The van der Waals surface area contributed by atoms with Gasteiger partial charge < -0.3 is 9.47 Å². The van der Waals surface area contributed by atoms with E-state index in [1.54, 1.807) is 18.3 Å². The van der Waals surface area contributed by atoms with Crippen molar-refractivity contribution in [1.29, 1.82) is 0 Å². The molecule has 1 heterocycles. The zero-order valence-electron chi connectivity index (χ0n) is 21.6. The van der Waals surface area contributed by atoms with E-state index in [1.807, 2.05) is 54.6 Å². The van der Waals surface area contributed by atoms with E-state index in [1.165, 1.54) is 12.8 Å². The van der Waals surface area contributed by atoms with E-state index >= 15 is 0 Å². The number of allylic oxidation sites excluding steroid dienone is 1. The Hall–Kier alpha value is -3.24. The fraction of sp³-hybridized carbons (Fsp3) is 0.344. The summed E-state index contributed by atoms with van der Waals surface area (Å²) in [6.45, 7) is 9.25. The fourth-order valence-corrected chi connectivity index (χ4v) is 3.93. The van der Waals surface area contributed by atoms with Crippen molar-refractivity contribution in [3.63, 3.8) is 0 Å². The van der Waals surface area contributed by atoms with E-state index in [0.29, 0.717) is 18.1 Å². The number of hydrogen-bond acceptors (Lipinski definition) is 3. The number of hydrogen-bond donors (Lipinski definition) is 0. The maximum Gasteiger partial charge on any atom is 0.213 e. The van der Waals surface area contributed by atoms with Crippen LogP contribution in [-0.4, -0.2) is 24.3 Å². The predicted octanol–water partition coefficient (Wildman–Crippen LogP) is 8.90. The summed E-state index contributed by atoms with van der Waals surface area (Å²) in [5.41, 5.74) is 4.49. The molecule has 0 aliphatic rings. The predicted molar refractivity (Wildman–Crippen MR) is 149 cm³/mol. The normalized spacial score (nSPS) is 12.1. The molecular weight excluding hydrogens is 449 g/mol. The second-order valence-corrected chi connectivity index (χ2v) is 9.02. The molecule has 0 amide bonds. The minimum absolute atomic E-state index is 0.209. The molecule has 0 bridgehead atoms. The summed E-state index contributed by atoms with van der Waals surface area (Å²) in [5, 5.41) is 0. The van der Waals surface area contributed by atoms with E-state index in [4.69, 9.17) is 9.47 Å². The lowest BCUT2D eigenvalue weighted by Crippen LogP contribution is -2.08. The maximum atomic E-state index is 14.7. The summed E-state index contributed by atoms with van der Waals surface area (Å²) < 4.78 is 26.0. The van der Waals surface area contributed by atoms with Gasteiger partial charge in [0.1, 0.15) is 12.4 Å². The van der Waals surface area contributed by atoms with Crippen LogP contribution in [-0.2, 0) is 4.74 Å². The zero-order valence-corrected chi connectivity index (χ0v) is 21.6. The summed E-state index contributed by atoms with van der Waals surface area (Å²) in [6.07, 6.45) is 14.3. The molecule has 2 aromatic carbocycles. The van der Waals surface area contributed by atoms with E-state index in [0.717, 1.165) is 54.5 Å². The van der Waals surface area contributed by atoms with Crippen LogP contribution in [0.15, 0.2) is 79.5 Å². The summed E-state index contributed by atoms with van der Waals surface area (Å²) in [5.74, 6) is 0.362. The first-order valence-corrected chi connectivity index (χ1v) is 13.0. The molecule has 3 rings (SSSR count). The van der Waals surface area contributed by atoms with Crippen LogP contribution in [0.1, 0.15) is 57.9 Å². The van der Waals surface area contributed by atoms with Gasteiger partial charge in [-0.1, -0.05) is 81.0 Å². The molecule has 0 radical (unpaired) electrons. The van der Waals surface area contributed by atoms with Crippen LogP contribution in [0.4, 0.5) is 4.39 Å². The molecule has 3 aromatic rings. The van der Waals surface area contributed by atoms with Crippen LogP contribution in [0.5, 0.6) is 5.88 Å². The second-order valence-electron chi connectivity index (χ2n) is 9.02. The molecule has 0 aliphatic carbocycles. The molecule has 1 atom stereocenters. The van der Waals surface area contributed by atoms with Crippen molar-refractivity contribution in [3.05, 3.63) is 90.9 Å². The molecule has 0 saturated heterocycles. The van der Waals surface area contributed by atoms with E-state index in [2.05, 4.69) is 31.5 Å². The molecule has 0 saturated carbocycles. The Bertz CT molecular complexity index is 1090. The Labute approximate surface area is 215 Å². The summed E-state index contributed by atoms with van der Waals surface area (Å²) >= 11 is 0. The van der Waals surface area contributed by atoms with Crippen molar-refractivity contribution in [2.75, 3.05) is 13.2 Å². The molecule has 3 nitrogen and oxygen atoms in total. The Morgan fingerprint density at radius 3 is 2.33 bits per heavy atom. The van der Waals surface area contributed by atoms with Gasteiger partial charge in [0.2, 0.25) is 5.88 Å². The van der Waals surface area contributed by atoms with Crippen molar-refractivity contribution < 1.29 is 13.9 Å². The van der Waals surface area contributed by atoms with Crippen molar-refractivity contribution in [1.82, 2.24) is 4.98 Å². The maximum absolute atomic E-state index is 14.7. The minimum atomic E-state index is -0.209. The molecule has 0 fully saturated rings. The highest BCUT2D eigenvalue weighted by atomic mass is 19.1. The average molecular weight is 488 g/mol. The second kappa shape index (κ2) is 15.0. The van der Waals surface area contributed by atoms with Crippen molar-refractivity contribution in [3.8, 4) is 28.1 Å². The Kier molecular flexibility index (Phi) is 11.4. The molecule has 1 aromatic heterocycles. The highest BCUT2D eigenvalue weighted by molar-refractivity contribution is 5.71. The number of halogens is 1. The van der Waals surface area contributed by atoms with E-state index in [9.17, 15) is 4.39 Å². The van der Waals surface area contributed by atoms with Gasteiger partial charge in [0.15, 0.2) is 0 Å². The standard InChI is InChI=1S/C32H38FNO2/c1-4-6-10-22-35-25(3)11-8-7-9-12-28-17-18-29(23-31(28)33)26-13-15-27(16-14-26)30-19-20-32(34-24-30)36-21-5-2/h5,9,12-20,23-25H,2,4,6-8,10-11,21-22H2,1,3H3/b12-9+. The number of benzene rings is 2. The van der Waals surface area contributed by atoms with Gasteiger partial charge in [-0.15, -0.1) is 0 Å². The van der Waals surface area contributed by atoms with Gasteiger partial charge in [-0.3, -0.25) is 0 Å². The van der Waals surface area contributed by atoms with Crippen LogP contribution < -0.4 is 4.74 Å². The zero-order chi connectivity index (χ0) is 25.6. The van der Waals surface area contributed by atoms with Gasteiger partial charge in [-0.25, -0.2) is 9.37 Å². The first-order chi connectivity index (χ1) is 17.6. The van der Waals surface area contributed by atoms with E-state index < -0.39 is 0 Å². The number of aromatic nitrogens is 1. The number of pyridine rings is 1. The largest absolute Gasteiger partial charge is 0.473 e. The summed E-state index contributed by atoms with van der Waals surface area (Å²) in [4.78, 5) is 4.32. The Balaban J connectivity index is 1.51. The lowest BCUT2D eigenvalue weighted by molar-refractivity contribution is 0.0566. The summed E-state index contributed by atoms with van der Waals surface area (Å²) in [7, 11) is 0. The van der Waals surface area contributed by atoms with Crippen LogP contribution in [0.3, 0.4) is 0 Å². The third-order valence-corrected chi connectivity index (χ3v) is 6.07. The summed E-state index contributed by atoms with van der Waals surface area (Å²) in [6, 6.07) is 17.3. The first kappa shape index (κ1) is 27.3. The Morgan fingerprint density at radius 1 is 0.944 bits per heavy atom. The molecule has 0 aliphatic heterocycles.